The van der Waals surface area contributed by atoms with Gasteiger partial charge in [-0.25, -0.2) is 0 Å². The largest absolute Gasteiger partial charge is 0.351 e. The second-order valence-electron chi connectivity index (χ2n) is 8.42. The highest BCUT2D eigenvalue weighted by atomic mass is 35.5. The lowest BCUT2D eigenvalue weighted by Gasteiger charge is -2.28. The van der Waals surface area contributed by atoms with Gasteiger partial charge in [-0.15, -0.1) is 0 Å². The molecular formula is C27H25ClN4S. The van der Waals surface area contributed by atoms with Gasteiger partial charge in [-0.05, 0) is 86.6 Å². The van der Waals surface area contributed by atoms with Crippen LogP contribution in [0.25, 0.3) is 5.69 Å². The van der Waals surface area contributed by atoms with Crippen LogP contribution in [0.4, 0.5) is 5.69 Å². The third-order valence-electron chi connectivity index (χ3n) is 6.33. The van der Waals surface area contributed by atoms with Gasteiger partial charge in [0.2, 0.25) is 0 Å². The Morgan fingerprint density at radius 2 is 1.70 bits per heavy atom. The van der Waals surface area contributed by atoms with Crippen LogP contribution in [0, 0.1) is 20.8 Å². The van der Waals surface area contributed by atoms with Crippen molar-refractivity contribution in [2.24, 2.45) is 0 Å². The van der Waals surface area contributed by atoms with Crippen molar-refractivity contribution in [2.75, 3.05) is 4.90 Å². The first-order chi connectivity index (χ1) is 16.0. The molecule has 2 atom stereocenters. The maximum atomic E-state index is 6.37. The van der Waals surface area contributed by atoms with Crippen LogP contribution in [-0.4, -0.2) is 14.7 Å². The summed E-state index contributed by atoms with van der Waals surface area (Å²) >= 11 is 12.2. The Hall–Kier alpha value is -3.15. The van der Waals surface area contributed by atoms with Gasteiger partial charge in [-0.1, -0.05) is 41.9 Å². The number of aromatic nitrogens is 2. The Kier molecular flexibility index (Phi) is 5.69. The molecule has 2 aromatic carbocycles. The van der Waals surface area contributed by atoms with Crippen LogP contribution in [0.3, 0.4) is 0 Å². The van der Waals surface area contributed by atoms with Gasteiger partial charge in [0, 0.05) is 34.0 Å². The summed E-state index contributed by atoms with van der Waals surface area (Å²) < 4.78 is 2.29. The zero-order valence-corrected chi connectivity index (χ0v) is 20.4. The van der Waals surface area contributed by atoms with Gasteiger partial charge in [0.15, 0.2) is 5.11 Å². The van der Waals surface area contributed by atoms with Crippen molar-refractivity contribution in [3.63, 3.8) is 0 Å². The van der Waals surface area contributed by atoms with E-state index < -0.39 is 0 Å². The van der Waals surface area contributed by atoms with Crippen molar-refractivity contribution < 1.29 is 0 Å². The molecule has 1 aliphatic rings. The van der Waals surface area contributed by atoms with E-state index in [4.69, 9.17) is 23.8 Å². The van der Waals surface area contributed by atoms with Crippen LogP contribution in [0.15, 0.2) is 79.0 Å². The monoisotopic (exact) mass is 472 g/mol. The highest BCUT2D eigenvalue weighted by molar-refractivity contribution is 7.80. The molecule has 1 aliphatic heterocycles. The lowest BCUT2D eigenvalue weighted by Crippen LogP contribution is -2.29. The molecule has 33 heavy (non-hydrogen) atoms. The number of hydrogen-bond donors (Lipinski definition) is 1. The Morgan fingerprint density at radius 3 is 2.42 bits per heavy atom. The van der Waals surface area contributed by atoms with E-state index in [0.717, 1.165) is 33.5 Å². The van der Waals surface area contributed by atoms with E-state index in [1.807, 2.05) is 48.7 Å². The summed E-state index contributed by atoms with van der Waals surface area (Å²) in [6, 6.07) is 24.5. The number of nitrogens with zero attached hydrogens (tertiary/aromatic N) is 3. The standard InChI is InChI=1S/C27H25ClN4S/c1-17-12-13-20(28)16-24(17)31-18(2)15-22(19(31)3)26-25(23-11-7-8-14-29-23)30-27(33)32(26)21-9-5-4-6-10-21/h4-16,25-26H,1-3H3,(H,30,33)/t25-,26-/m1/s1. The van der Waals surface area contributed by atoms with E-state index in [2.05, 4.69) is 70.9 Å². The van der Waals surface area contributed by atoms with Crippen LogP contribution >= 0.6 is 23.8 Å². The van der Waals surface area contributed by atoms with Crippen LogP contribution in [0.1, 0.15) is 40.3 Å². The van der Waals surface area contributed by atoms with Gasteiger partial charge >= 0.3 is 0 Å². The average Bonchev–Trinajstić information content (AvgIpc) is 3.32. The lowest BCUT2D eigenvalue weighted by molar-refractivity contribution is 0.565. The molecule has 0 unspecified atom stereocenters. The summed E-state index contributed by atoms with van der Waals surface area (Å²) in [5.41, 5.74) is 7.81. The minimum absolute atomic E-state index is 0.0470. The predicted octanol–water partition coefficient (Wildman–Crippen LogP) is 6.63. The van der Waals surface area contributed by atoms with E-state index in [1.54, 1.807) is 0 Å². The predicted molar refractivity (Wildman–Crippen MR) is 139 cm³/mol. The summed E-state index contributed by atoms with van der Waals surface area (Å²) in [4.78, 5) is 6.88. The molecular weight excluding hydrogens is 448 g/mol. The van der Waals surface area contributed by atoms with Crippen LogP contribution < -0.4 is 10.2 Å². The molecule has 6 heteroatoms. The fourth-order valence-electron chi connectivity index (χ4n) is 4.82. The lowest BCUT2D eigenvalue weighted by atomic mass is 9.96. The van der Waals surface area contributed by atoms with E-state index in [0.29, 0.717) is 5.11 Å². The average molecular weight is 473 g/mol. The minimum Gasteiger partial charge on any atom is -0.351 e. The molecule has 1 N–H and O–H groups in total. The van der Waals surface area contributed by atoms with Gasteiger partial charge in [0.05, 0.1) is 17.8 Å². The quantitative estimate of drug-likeness (QED) is 0.338. The second kappa shape index (κ2) is 8.65. The molecule has 3 heterocycles. The molecule has 1 fully saturated rings. The number of benzene rings is 2. The third-order valence-corrected chi connectivity index (χ3v) is 6.88. The van der Waals surface area contributed by atoms with Crippen molar-refractivity contribution in [1.82, 2.24) is 14.9 Å². The van der Waals surface area contributed by atoms with Crippen molar-refractivity contribution >= 4 is 34.6 Å². The zero-order valence-electron chi connectivity index (χ0n) is 18.8. The van der Waals surface area contributed by atoms with E-state index in [-0.39, 0.29) is 12.1 Å². The molecule has 0 aliphatic carbocycles. The van der Waals surface area contributed by atoms with Gasteiger partial charge in [0.1, 0.15) is 0 Å². The Balaban J connectivity index is 1.70. The van der Waals surface area contributed by atoms with Gasteiger partial charge in [-0.2, -0.15) is 0 Å². The molecule has 0 bridgehead atoms. The molecule has 0 spiro atoms. The number of rotatable bonds is 4. The number of para-hydroxylation sites is 1. The summed E-state index contributed by atoms with van der Waals surface area (Å²) in [5, 5.41) is 4.98. The van der Waals surface area contributed by atoms with Crippen molar-refractivity contribution in [3.8, 4) is 5.69 Å². The Morgan fingerprint density at radius 1 is 0.939 bits per heavy atom. The van der Waals surface area contributed by atoms with Crippen LogP contribution in [0.5, 0.6) is 0 Å². The number of pyridine rings is 1. The second-order valence-corrected chi connectivity index (χ2v) is 9.25. The number of thiocarbonyl (C=S) groups is 1. The van der Waals surface area contributed by atoms with Crippen molar-refractivity contribution in [3.05, 3.63) is 112 Å². The number of anilines is 1. The molecule has 0 radical (unpaired) electrons. The smallest absolute Gasteiger partial charge is 0.174 e. The van der Waals surface area contributed by atoms with Crippen LogP contribution in [0.2, 0.25) is 5.02 Å². The number of hydrogen-bond acceptors (Lipinski definition) is 2. The first-order valence-electron chi connectivity index (χ1n) is 11.0. The molecule has 4 nitrogen and oxygen atoms in total. The maximum absolute atomic E-state index is 6.37. The minimum atomic E-state index is -0.0756. The summed E-state index contributed by atoms with van der Waals surface area (Å²) in [6.07, 6.45) is 1.83. The number of nitrogens with one attached hydrogen (secondary N) is 1. The summed E-state index contributed by atoms with van der Waals surface area (Å²) in [7, 11) is 0. The fraction of sp³-hybridized carbons (Fsp3) is 0.185. The molecule has 0 amide bonds. The molecule has 1 saturated heterocycles. The summed E-state index contributed by atoms with van der Waals surface area (Å²) in [6.45, 7) is 6.42. The fourth-order valence-corrected chi connectivity index (χ4v) is 5.33. The molecule has 2 aromatic heterocycles. The van der Waals surface area contributed by atoms with Crippen molar-refractivity contribution in [2.45, 2.75) is 32.9 Å². The third kappa shape index (κ3) is 3.81. The Labute approximate surface area is 204 Å². The maximum Gasteiger partial charge on any atom is 0.174 e. The number of halogens is 1. The first kappa shape index (κ1) is 21.7. The SMILES string of the molecule is Cc1ccc(Cl)cc1-n1c(C)cc([C@@H]2[C@@H](c3ccccn3)NC(=S)N2c2ccccc2)c1C. The van der Waals surface area contributed by atoms with Gasteiger partial charge < -0.3 is 14.8 Å². The Bertz CT molecular complexity index is 1320. The van der Waals surface area contributed by atoms with E-state index in [9.17, 15) is 0 Å². The molecule has 166 valence electrons. The van der Waals surface area contributed by atoms with E-state index in [1.165, 1.54) is 11.1 Å². The highest BCUT2D eigenvalue weighted by Gasteiger charge is 2.42. The zero-order chi connectivity index (χ0) is 23.1. The van der Waals surface area contributed by atoms with Crippen LogP contribution in [-0.2, 0) is 0 Å². The summed E-state index contributed by atoms with van der Waals surface area (Å²) in [5.74, 6) is 0. The van der Waals surface area contributed by atoms with Gasteiger partial charge in [0.25, 0.3) is 0 Å². The van der Waals surface area contributed by atoms with Crippen molar-refractivity contribution in [1.29, 1.82) is 0 Å². The highest BCUT2D eigenvalue weighted by Crippen LogP contribution is 2.43. The molecule has 4 aromatic rings. The normalized spacial score (nSPS) is 17.9. The number of aryl methyl sites for hydroxylation is 2. The van der Waals surface area contributed by atoms with E-state index >= 15 is 0 Å². The first-order valence-corrected chi connectivity index (χ1v) is 11.8. The topological polar surface area (TPSA) is 33.1 Å². The molecule has 0 saturated carbocycles. The van der Waals surface area contributed by atoms with Gasteiger partial charge in [-0.3, -0.25) is 4.98 Å². The molecule has 5 rings (SSSR count).